The number of amidine groups is 1. The maximum atomic E-state index is 14.7. The summed E-state index contributed by atoms with van der Waals surface area (Å²) in [5, 5.41) is 12.7. The van der Waals surface area contributed by atoms with E-state index in [1.54, 1.807) is 18.2 Å². The molecular weight excluding hydrogens is 409 g/mol. The molecule has 1 aliphatic heterocycles. The molecule has 2 aromatic rings. The number of nitrogens with zero attached hydrogens (tertiary/aromatic N) is 1. The van der Waals surface area contributed by atoms with Crippen molar-refractivity contribution in [2.75, 3.05) is 6.61 Å². The largest absolute Gasteiger partial charge is 0.491 e. The average Bonchev–Trinajstić information content (AvgIpc) is 3.36. The van der Waals surface area contributed by atoms with Crippen LogP contribution < -0.4 is 15.5 Å². The second kappa shape index (κ2) is 7.74. The Balaban J connectivity index is 1.71. The summed E-state index contributed by atoms with van der Waals surface area (Å²) in [6.07, 6.45) is 2.99. The Morgan fingerprint density at radius 3 is 2.83 bits per heavy atom. The van der Waals surface area contributed by atoms with Gasteiger partial charge in [0, 0.05) is 22.2 Å². The van der Waals surface area contributed by atoms with Gasteiger partial charge >= 0.3 is 0 Å². The number of amides is 1. The van der Waals surface area contributed by atoms with Crippen LogP contribution in [0.3, 0.4) is 0 Å². The monoisotopic (exact) mass is 429 g/mol. The zero-order chi connectivity index (χ0) is 21.5. The smallest absolute Gasteiger partial charge is 0.226 e. The third-order valence-electron chi connectivity index (χ3n) is 5.58. The number of aliphatic imine (C=N–C) groups is 1. The summed E-state index contributed by atoms with van der Waals surface area (Å²) in [5.74, 6) is -0.113. The predicted molar refractivity (Wildman–Crippen MR) is 112 cm³/mol. The van der Waals surface area contributed by atoms with E-state index < -0.39 is 5.82 Å². The summed E-state index contributed by atoms with van der Waals surface area (Å²) in [4.78, 5) is 16.3. The summed E-state index contributed by atoms with van der Waals surface area (Å²) in [6.45, 7) is 5.77. The van der Waals surface area contributed by atoms with E-state index in [4.69, 9.17) is 16.3 Å². The van der Waals surface area contributed by atoms with Crippen LogP contribution in [0.2, 0.25) is 5.02 Å². The molecule has 156 valence electrons. The number of hydroxylamine groups is 1. The van der Waals surface area contributed by atoms with E-state index in [9.17, 15) is 14.4 Å². The molecule has 0 spiro atoms. The molecule has 2 aromatic carbocycles. The number of halogens is 2. The van der Waals surface area contributed by atoms with E-state index in [0.717, 1.165) is 24.5 Å². The highest BCUT2D eigenvalue weighted by Crippen LogP contribution is 2.46. The zero-order valence-corrected chi connectivity index (χ0v) is 17.1. The van der Waals surface area contributed by atoms with Crippen molar-refractivity contribution in [1.29, 1.82) is 0 Å². The Labute approximate surface area is 178 Å². The summed E-state index contributed by atoms with van der Waals surface area (Å²) in [6, 6.07) is 7.90. The van der Waals surface area contributed by atoms with Crippen molar-refractivity contribution in [3.8, 4) is 16.9 Å². The van der Waals surface area contributed by atoms with Gasteiger partial charge in [-0.25, -0.2) is 9.38 Å². The molecule has 4 rings (SSSR count). The molecule has 8 heteroatoms. The lowest BCUT2D eigenvalue weighted by Gasteiger charge is -2.16. The maximum Gasteiger partial charge on any atom is 0.226 e. The maximum absolute atomic E-state index is 14.7. The van der Waals surface area contributed by atoms with Gasteiger partial charge in [0.2, 0.25) is 5.91 Å². The van der Waals surface area contributed by atoms with Gasteiger partial charge in [-0.1, -0.05) is 37.2 Å². The van der Waals surface area contributed by atoms with E-state index in [0.29, 0.717) is 23.5 Å². The molecule has 3 N–H and O–H groups in total. The topological polar surface area (TPSA) is 83.0 Å². The number of hydrogen-bond acceptors (Lipinski definition) is 4. The summed E-state index contributed by atoms with van der Waals surface area (Å²) in [7, 11) is 0. The quantitative estimate of drug-likeness (QED) is 0.374. The minimum atomic E-state index is -0.649. The first-order valence-corrected chi connectivity index (χ1v) is 9.90. The SMILES string of the molecule is C=CN=C(NO)c1c(F)cc(Cl)cc1-c1ccc2c(c1)OCC2NC(=O)C1(C)CC1. The van der Waals surface area contributed by atoms with Crippen molar-refractivity contribution < 1.29 is 19.1 Å². The molecule has 1 unspecified atom stereocenters. The lowest BCUT2D eigenvalue weighted by molar-refractivity contribution is -0.126. The highest BCUT2D eigenvalue weighted by atomic mass is 35.5. The van der Waals surface area contributed by atoms with Crippen molar-refractivity contribution in [3.63, 3.8) is 0 Å². The number of hydrogen-bond donors (Lipinski definition) is 3. The van der Waals surface area contributed by atoms with Gasteiger partial charge in [0.25, 0.3) is 0 Å². The molecule has 1 atom stereocenters. The predicted octanol–water partition coefficient (Wildman–Crippen LogP) is 4.36. The third kappa shape index (κ3) is 3.66. The fraction of sp³-hybridized carbons (Fsp3) is 0.273. The Morgan fingerprint density at radius 2 is 2.17 bits per heavy atom. The van der Waals surface area contributed by atoms with Gasteiger partial charge in [-0.2, -0.15) is 0 Å². The van der Waals surface area contributed by atoms with Gasteiger partial charge in [0.1, 0.15) is 18.2 Å². The van der Waals surface area contributed by atoms with Crippen LogP contribution in [0.4, 0.5) is 4.39 Å². The normalized spacial score (nSPS) is 18.9. The van der Waals surface area contributed by atoms with Gasteiger partial charge in [-0.3, -0.25) is 15.5 Å². The van der Waals surface area contributed by atoms with Crippen molar-refractivity contribution in [1.82, 2.24) is 10.8 Å². The van der Waals surface area contributed by atoms with Crippen molar-refractivity contribution in [2.24, 2.45) is 10.4 Å². The number of rotatable bonds is 5. The molecule has 1 saturated carbocycles. The van der Waals surface area contributed by atoms with Crippen LogP contribution in [0.5, 0.6) is 5.75 Å². The van der Waals surface area contributed by atoms with Gasteiger partial charge in [-0.15, -0.1) is 0 Å². The first-order valence-electron chi connectivity index (χ1n) is 9.52. The van der Waals surface area contributed by atoms with E-state index in [1.807, 2.05) is 18.5 Å². The van der Waals surface area contributed by atoms with Gasteiger partial charge in [-0.05, 0) is 42.2 Å². The van der Waals surface area contributed by atoms with Gasteiger partial charge < -0.3 is 10.1 Å². The molecule has 2 aliphatic rings. The Kier molecular flexibility index (Phi) is 5.26. The minimum absolute atomic E-state index is 0.0338. The molecule has 1 aliphatic carbocycles. The highest BCUT2D eigenvalue weighted by molar-refractivity contribution is 6.31. The fourth-order valence-corrected chi connectivity index (χ4v) is 3.73. The standard InChI is InChI=1S/C22H21ClFN3O3/c1-3-25-20(27-29)19-15(9-13(23)10-16(19)24)12-4-5-14-17(11-30-18(14)8-12)26-21(28)22(2)6-7-22/h3-5,8-10,17,29H,1,6-7,11H2,2H3,(H,25,27)(H,26,28). The molecular formula is C22H21ClFN3O3. The van der Waals surface area contributed by atoms with Crippen LogP contribution >= 0.6 is 11.6 Å². The Bertz CT molecular complexity index is 1070. The molecule has 0 radical (unpaired) electrons. The Hall–Kier alpha value is -2.90. The van der Waals surface area contributed by atoms with Gasteiger partial charge in [0.05, 0.1) is 11.6 Å². The summed E-state index contributed by atoms with van der Waals surface area (Å²) >= 11 is 6.08. The second-order valence-corrected chi connectivity index (χ2v) is 8.17. The van der Waals surface area contributed by atoms with E-state index in [1.165, 1.54) is 6.20 Å². The number of nitrogens with one attached hydrogen (secondary N) is 2. The molecule has 0 saturated heterocycles. The van der Waals surface area contributed by atoms with E-state index in [2.05, 4.69) is 16.9 Å². The minimum Gasteiger partial charge on any atom is -0.491 e. The van der Waals surface area contributed by atoms with Gasteiger partial charge in [0.15, 0.2) is 5.84 Å². The molecule has 0 aromatic heterocycles. The number of ether oxygens (including phenoxy) is 1. The summed E-state index contributed by atoms with van der Waals surface area (Å²) in [5.41, 5.74) is 3.59. The van der Waals surface area contributed by atoms with Crippen LogP contribution in [-0.4, -0.2) is 23.6 Å². The summed E-state index contributed by atoms with van der Waals surface area (Å²) < 4.78 is 20.5. The lowest BCUT2D eigenvalue weighted by Crippen LogP contribution is -2.34. The fourth-order valence-electron chi connectivity index (χ4n) is 3.53. The molecule has 1 amide bonds. The van der Waals surface area contributed by atoms with Crippen molar-refractivity contribution in [3.05, 3.63) is 65.1 Å². The molecule has 1 heterocycles. The first-order chi connectivity index (χ1) is 14.4. The van der Waals surface area contributed by atoms with E-state index >= 15 is 0 Å². The lowest BCUT2D eigenvalue weighted by atomic mass is 9.96. The highest BCUT2D eigenvalue weighted by Gasteiger charge is 2.46. The number of carbonyl (C=O) groups is 1. The first kappa shape index (κ1) is 20.4. The molecule has 6 nitrogen and oxygen atoms in total. The van der Waals surface area contributed by atoms with Crippen molar-refractivity contribution >= 4 is 23.3 Å². The van der Waals surface area contributed by atoms with Crippen LogP contribution in [0, 0.1) is 11.2 Å². The molecule has 30 heavy (non-hydrogen) atoms. The number of benzene rings is 2. The number of fused-ring (bicyclic) bond motifs is 1. The molecule has 1 fully saturated rings. The van der Waals surface area contributed by atoms with Crippen LogP contribution in [-0.2, 0) is 4.79 Å². The second-order valence-electron chi connectivity index (χ2n) is 7.73. The van der Waals surface area contributed by atoms with Crippen LogP contribution in [0.1, 0.15) is 36.9 Å². The van der Waals surface area contributed by atoms with Crippen molar-refractivity contribution in [2.45, 2.75) is 25.8 Å². The third-order valence-corrected chi connectivity index (χ3v) is 5.80. The number of carbonyl (C=O) groups excluding carboxylic acids is 1. The molecule has 0 bridgehead atoms. The zero-order valence-electron chi connectivity index (χ0n) is 16.3. The average molecular weight is 430 g/mol. The van der Waals surface area contributed by atoms with Crippen LogP contribution in [0.15, 0.2) is 48.1 Å². The van der Waals surface area contributed by atoms with E-state index in [-0.39, 0.29) is 33.8 Å². The Morgan fingerprint density at radius 1 is 1.40 bits per heavy atom. The van der Waals surface area contributed by atoms with Crippen LogP contribution in [0.25, 0.3) is 11.1 Å².